The van der Waals surface area contributed by atoms with Gasteiger partial charge in [-0.3, -0.25) is 0 Å². The molecule has 38 valence electrons. The number of hydrogen-bond acceptors (Lipinski definition) is 1. The van der Waals surface area contributed by atoms with Gasteiger partial charge in [-0.25, -0.2) is 0 Å². The molecule has 1 aliphatic rings. The van der Waals surface area contributed by atoms with E-state index in [0.29, 0.717) is 0 Å². The highest BCUT2D eigenvalue weighted by Crippen LogP contribution is 2.14. The lowest BCUT2D eigenvalue weighted by molar-refractivity contribution is 0.277. The van der Waals surface area contributed by atoms with E-state index in [1.54, 1.807) is 14.2 Å². The summed E-state index contributed by atoms with van der Waals surface area (Å²) < 4.78 is 4.25. The molecule has 1 heteroatoms. The Hall–Kier alpha value is -0.0400. The van der Waals surface area contributed by atoms with Crippen LogP contribution in [-0.2, 0) is 4.74 Å². The summed E-state index contributed by atoms with van der Waals surface area (Å²) in [6, 6.07) is 0. The van der Waals surface area contributed by atoms with Crippen LogP contribution in [0, 0.1) is 0 Å². The van der Waals surface area contributed by atoms with Gasteiger partial charge in [0.15, 0.2) is 0 Å². The van der Waals surface area contributed by atoms with Crippen LogP contribution >= 0.6 is 0 Å². The van der Waals surface area contributed by atoms with Gasteiger partial charge in [-0.05, 0) is 0 Å². The van der Waals surface area contributed by atoms with Gasteiger partial charge >= 0.3 is 0 Å². The average molecular weight is 88.1 g/mol. The monoisotopic (exact) mass is 88.1 g/mol. The van der Waals surface area contributed by atoms with E-state index >= 15 is 0 Å². The summed E-state index contributed by atoms with van der Waals surface area (Å²) in [5.74, 6) is 0. The predicted molar refractivity (Wildman–Crippen MR) is 26.8 cm³/mol. The van der Waals surface area contributed by atoms with E-state index in [1.165, 1.54) is 19.3 Å². The minimum absolute atomic E-state index is 1.50. The first-order chi connectivity index (χ1) is 2.91. The molecule has 1 rings (SSSR count). The molecular weight excluding hydrogens is 76.1 g/mol. The lowest BCUT2D eigenvalue weighted by Crippen LogP contribution is -1.55. The molecule has 0 saturated heterocycles. The zero-order chi connectivity index (χ0) is 4.83. The zero-order valence-corrected chi connectivity index (χ0v) is 4.53. The Labute approximate surface area is 39.3 Å². The number of methoxy groups -OCH3 is 1. The first-order valence-corrected chi connectivity index (χ1v) is 2.32. The van der Waals surface area contributed by atoms with E-state index in [0.717, 1.165) is 0 Å². The third-order valence-corrected chi connectivity index (χ3v) is 0.354. The van der Waals surface area contributed by atoms with Crippen LogP contribution in [0.4, 0.5) is 0 Å². The van der Waals surface area contributed by atoms with Crippen LogP contribution in [0.2, 0.25) is 0 Å². The van der Waals surface area contributed by atoms with E-state index in [4.69, 9.17) is 0 Å². The van der Waals surface area contributed by atoms with Crippen molar-refractivity contribution in [3.63, 3.8) is 0 Å². The van der Waals surface area contributed by atoms with Gasteiger partial charge in [0, 0.05) is 14.2 Å². The molecule has 0 bridgehead atoms. The normalized spacial score (nSPS) is 15.0. The van der Waals surface area contributed by atoms with Crippen LogP contribution in [0.25, 0.3) is 0 Å². The Bertz CT molecular complexity index is 15.1. The van der Waals surface area contributed by atoms with Crippen molar-refractivity contribution in [3.8, 4) is 0 Å². The fourth-order valence-corrected chi connectivity index (χ4v) is 0. The van der Waals surface area contributed by atoms with Crippen LogP contribution in [0.3, 0.4) is 0 Å². The molecule has 0 aromatic carbocycles. The summed E-state index contributed by atoms with van der Waals surface area (Å²) in [4.78, 5) is 0. The van der Waals surface area contributed by atoms with E-state index in [-0.39, 0.29) is 0 Å². The SMILES string of the molecule is C1CC1.COC. The Balaban J connectivity index is 0.0000000833. The number of ether oxygens (including phenoxy) is 1. The smallest absolute Gasteiger partial charge is 0.0351 e. The second-order valence-electron chi connectivity index (χ2n) is 1.47. The third-order valence-electron chi connectivity index (χ3n) is 0.354. The van der Waals surface area contributed by atoms with Gasteiger partial charge in [-0.2, -0.15) is 0 Å². The maximum absolute atomic E-state index is 4.25. The Morgan fingerprint density at radius 1 is 1.00 bits per heavy atom. The van der Waals surface area contributed by atoms with E-state index in [2.05, 4.69) is 4.74 Å². The number of rotatable bonds is 0. The van der Waals surface area contributed by atoms with Gasteiger partial charge < -0.3 is 4.74 Å². The molecule has 0 amide bonds. The summed E-state index contributed by atoms with van der Waals surface area (Å²) in [5.41, 5.74) is 0. The van der Waals surface area contributed by atoms with Gasteiger partial charge in [0.05, 0.1) is 0 Å². The molecule has 1 fully saturated rings. The van der Waals surface area contributed by atoms with Crippen molar-refractivity contribution in [1.29, 1.82) is 0 Å². The van der Waals surface area contributed by atoms with E-state index in [1.807, 2.05) is 0 Å². The molecule has 0 N–H and O–H groups in total. The molecular formula is C5H12O. The van der Waals surface area contributed by atoms with Crippen molar-refractivity contribution in [3.05, 3.63) is 0 Å². The lowest BCUT2D eigenvalue weighted by Gasteiger charge is -1.61. The molecule has 1 saturated carbocycles. The molecule has 0 aliphatic heterocycles. The molecule has 0 aromatic rings. The van der Waals surface area contributed by atoms with Crippen LogP contribution in [0.5, 0.6) is 0 Å². The molecule has 0 unspecified atom stereocenters. The van der Waals surface area contributed by atoms with Crippen molar-refractivity contribution in [1.82, 2.24) is 0 Å². The molecule has 0 aromatic heterocycles. The van der Waals surface area contributed by atoms with E-state index < -0.39 is 0 Å². The first-order valence-electron chi connectivity index (χ1n) is 2.32. The molecule has 0 heterocycles. The molecule has 0 spiro atoms. The Morgan fingerprint density at radius 2 is 1.17 bits per heavy atom. The van der Waals surface area contributed by atoms with Gasteiger partial charge in [0.25, 0.3) is 0 Å². The minimum atomic E-state index is 1.50. The molecule has 6 heavy (non-hydrogen) atoms. The van der Waals surface area contributed by atoms with Crippen LogP contribution in [0.1, 0.15) is 19.3 Å². The zero-order valence-electron chi connectivity index (χ0n) is 4.53. The quantitative estimate of drug-likeness (QED) is 0.435. The molecule has 0 atom stereocenters. The fourth-order valence-electron chi connectivity index (χ4n) is 0. The predicted octanol–water partition coefficient (Wildman–Crippen LogP) is 1.43. The standard InChI is InChI=1S/C3H6.C2H6O/c1-2-3-1;1-3-2/h1-3H2;1-2H3. The van der Waals surface area contributed by atoms with Gasteiger partial charge in [-0.1, -0.05) is 19.3 Å². The molecule has 1 nitrogen and oxygen atoms in total. The average Bonchev–Trinajstić information content (AvgIpc) is 2.11. The Kier molecular flexibility index (Phi) is 4.93. The largest absolute Gasteiger partial charge is 0.388 e. The molecule has 1 aliphatic carbocycles. The minimum Gasteiger partial charge on any atom is -0.388 e. The van der Waals surface area contributed by atoms with Gasteiger partial charge in [0.1, 0.15) is 0 Å². The fraction of sp³-hybridized carbons (Fsp3) is 1.00. The summed E-state index contributed by atoms with van der Waals surface area (Å²) in [7, 11) is 3.25. The number of hydrogen-bond donors (Lipinski definition) is 0. The van der Waals surface area contributed by atoms with Crippen molar-refractivity contribution in [2.24, 2.45) is 0 Å². The van der Waals surface area contributed by atoms with Crippen molar-refractivity contribution in [2.75, 3.05) is 14.2 Å². The summed E-state index contributed by atoms with van der Waals surface area (Å²) in [6.45, 7) is 0. The summed E-state index contributed by atoms with van der Waals surface area (Å²) >= 11 is 0. The second-order valence-corrected chi connectivity index (χ2v) is 1.47. The van der Waals surface area contributed by atoms with Crippen LogP contribution < -0.4 is 0 Å². The van der Waals surface area contributed by atoms with E-state index in [9.17, 15) is 0 Å². The third kappa shape index (κ3) is 37.6. The second kappa shape index (κ2) is 4.96. The van der Waals surface area contributed by atoms with Crippen molar-refractivity contribution in [2.45, 2.75) is 19.3 Å². The van der Waals surface area contributed by atoms with Gasteiger partial charge in [-0.15, -0.1) is 0 Å². The molecule has 0 radical (unpaired) electrons. The topological polar surface area (TPSA) is 9.23 Å². The first kappa shape index (κ1) is 5.96. The Morgan fingerprint density at radius 3 is 1.17 bits per heavy atom. The highest BCUT2D eigenvalue weighted by Gasteiger charge is 1.95. The van der Waals surface area contributed by atoms with Crippen LogP contribution in [-0.4, -0.2) is 14.2 Å². The highest BCUT2D eigenvalue weighted by atomic mass is 16.4. The lowest BCUT2D eigenvalue weighted by atomic mass is 11.0. The maximum atomic E-state index is 4.25. The van der Waals surface area contributed by atoms with Crippen molar-refractivity contribution < 1.29 is 4.74 Å². The summed E-state index contributed by atoms with van der Waals surface area (Å²) in [5, 5.41) is 0. The summed E-state index contributed by atoms with van der Waals surface area (Å²) in [6.07, 6.45) is 4.50. The highest BCUT2D eigenvalue weighted by molar-refractivity contribution is 4.50. The maximum Gasteiger partial charge on any atom is 0.0351 e. The van der Waals surface area contributed by atoms with Crippen LogP contribution in [0.15, 0.2) is 0 Å². The van der Waals surface area contributed by atoms with Crippen molar-refractivity contribution >= 4 is 0 Å². The van der Waals surface area contributed by atoms with Gasteiger partial charge in [0.2, 0.25) is 0 Å².